The highest BCUT2D eigenvalue weighted by molar-refractivity contribution is 5.32. The van der Waals surface area contributed by atoms with E-state index in [1.54, 1.807) is 0 Å². The smallest absolute Gasteiger partial charge is 0.201 e. The number of hydrogen-bond acceptors (Lipinski definition) is 4. The minimum atomic E-state index is -1.67. The highest BCUT2D eigenvalue weighted by atomic mass is 19.1. The second kappa shape index (κ2) is 6.04. The van der Waals surface area contributed by atoms with Gasteiger partial charge < -0.3 is 14.6 Å². The molecule has 3 rings (SSSR count). The van der Waals surface area contributed by atoms with E-state index in [1.165, 1.54) is 6.07 Å². The molecule has 116 valence electrons. The molecule has 0 radical (unpaired) electrons. The van der Waals surface area contributed by atoms with Gasteiger partial charge in [0.1, 0.15) is 23.6 Å². The third kappa shape index (κ3) is 2.83. The van der Waals surface area contributed by atoms with Gasteiger partial charge in [0.2, 0.25) is 6.29 Å². The van der Waals surface area contributed by atoms with Crippen LogP contribution in [0, 0.1) is 17.5 Å². The molecule has 2 aromatic rings. The van der Waals surface area contributed by atoms with Crippen molar-refractivity contribution in [3.63, 3.8) is 0 Å². The Hall–Kier alpha value is -1.96. The van der Waals surface area contributed by atoms with E-state index in [4.69, 9.17) is 9.47 Å². The van der Waals surface area contributed by atoms with Crippen molar-refractivity contribution in [2.24, 2.45) is 0 Å². The normalized spacial score (nSPS) is 16.9. The molecule has 22 heavy (non-hydrogen) atoms. The van der Waals surface area contributed by atoms with Crippen LogP contribution < -0.4 is 0 Å². The molecule has 0 saturated carbocycles. The van der Waals surface area contributed by atoms with Crippen molar-refractivity contribution < 1.29 is 27.8 Å². The van der Waals surface area contributed by atoms with E-state index in [2.05, 4.69) is 4.98 Å². The second-order valence-electron chi connectivity index (χ2n) is 4.77. The van der Waals surface area contributed by atoms with Crippen LogP contribution in [0.5, 0.6) is 0 Å². The molecule has 0 spiro atoms. The summed E-state index contributed by atoms with van der Waals surface area (Å²) in [6.07, 6.45) is -1.54. The van der Waals surface area contributed by atoms with Crippen LogP contribution in [0.25, 0.3) is 0 Å². The molecular formula is C15H12F3NO3. The Kier molecular flexibility index (Phi) is 4.10. The number of pyridine rings is 1. The van der Waals surface area contributed by atoms with E-state index in [-0.39, 0.29) is 16.8 Å². The van der Waals surface area contributed by atoms with Gasteiger partial charge >= 0.3 is 0 Å². The van der Waals surface area contributed by atoms with E-state index in [0.29, 0.717) is 13.2 Å². The summed E-state index contributed by atoms with van der Waals surface area (Å²) in [4.78, 5) is 3.83. The third-order valence-electron chi connectivity index (χ3n) is 3.32. The first-order valence-electron chi connectivity index (χ1n) is 6.58. The first kappa shape index (κ1) is 15.0. The van der Waals surface area contributed by atoms with Crippen LogP contribution >= 0.6 is 0 Å². The van der Waals surface area contributed by atoms with Gasteiger partial charge in [0.05, 0.1) is 25.1 Å². The summed E-state index contributed by atoms with van der Waals surface area (Å²) in [5.74, 6) is -2.40. The van der Waals surface area contributed by atoms with Gasteiger partial charge in [-0.2, -0.15) is 0 Å². The molecule has 1 unspecified atom stereocenters. The zero-order valence-electron chi connectivity index (χ0n) is 11.3. The van der Waals surface area contributed by atoms with Crippen LogP contribution in [-0.4, -0.2) is 23.3 Å². The van der Waals surface area contributed by atoms with E-state index in [1.807, 2.05) is 0 Å². The van der Waals surface area contributed by atoms with Gasteiger partial charge in [-0.3, -0.25) is 4.98 Å². The summed E-state index contributed by atoms with van der Waals surface area (Å²) in [6.45, 7) is 0.750. The minimum absolute atomic E-state index is 0.228. The number of aromatic nitrogens is 1. The summed E-state index contributed by atoms with van der Waals surface area (Å²) in [6, 6.07) is 3.83. The summed E-state index contributed by atoms with van der Waals surface area (Å²) >= 11 is 0. The van der Waals surface area contributed by atoms with Crippen molar-refractivity contribution in [1.29, 1.82) is 0 Å². The van der Waals surface area contributed by atoms with Crippen molar-refractivity contribution in [3.8, 4) is 0 Å². The molecule has 0 aliphatic carbocycles. The van der Waals surface area contributed by atoms with E-state index >= 15 is 0 Å². The van der Waals surface area contributed by atoms with E-state index in [0.717, 1.165) is 24.4 Å². The number of aliphatic hydroxyl groups is 1. The number of benzene rings is 1. The highest BCUT2D eigenvalue weighted by Crippen LogP contribution is 2.30. The van der Waals surface area contributed by atoms with Crippen LogP contribution in [0.15, 0.2) is 30.5 Å². The van der Waals surface area contributed by atoms with Crippen LogP contribution in [-0.2, 0) is 9.47 Å². The summed E-state index contributed by atoms with van der Waals surface area (Å²) in [5.41, 5.74) is -0.331. The molecule has 7 heteroatoms. The quantitative estimate of drug-likeness (QED) is 0.947. The predicted molar refractivity (Wildman–Crippen MR) is 69.3 cm³/mol. The van der Waals surface area contributed by atoms with Crippen LogP contribution in [0.4, 0.5) is 13.2 Å². The Balaban J connectivity index is 1.99. The molecule has 1 fully saturated rings. The first-order valence-corrected chi connectivity index (χ1v) is 6.58. The lowest BCUT2D eigenvalue weighted by Crippen LogP contribution is -2.09. The number of halogens is 3. The first-order chi connectivity index (χ1) is 10.6. The second-order valence-corrected chi connectivity index (χ2v) is 4.77. The molecule has 1 atom stereocenters. The molecule has 2 heterocycles. The fourth-order valence-electron chi connectivity index (χ4n) is 2.23. The SMILES string of the molecule is OC(c1cc(F)ccc1F)c1cc(C2OCCO2)ncc1F. The lowest BCUT2D eigenvalue weighted by Gasteiger charge is -2.16. The Bertz CT molecular complexity index is 690. The fourth-order valence-corrected chi connectivity index (χ4v) is 2.23. The van der Waals surface area contributed by atoms with Crippen molar-refractivity contribution in [1.82, 2.24) is 4.98 Å². The fraction of sp³-hybridized carbons (Fsp3) is 0.267. The van der Waals surface area contributed by atoms with E-state index in [9.17, 15) is 18.3 Å². The molecule has 1 aliphatic rings. The Morgan fingerprint density at radius 2 is 1.73 bits per heavy atom. The van der Waals surface area contributed by atoms with Crippen LogP contribution in [0.2, 0.25) is 0 Å². The number of rotatable bonds is 3. The number of ether oxygens (including phenoxy) is 2. The average molecular weight is 311 g/mol. The minimum Gasteiger partial charge on any atom is -0.383 e. The maximum atomic E-state index is 13.9. The number of hydrogen-bond donors (Lipinski definition) is 1. The lowest BCUT2D eigenvalue weighted by atomic mass is 10.0. The molecule has 1 aromatic carbocycles. The maximum absolute atomic E-state index is 13.9. The zero-order valence-corrected chi connectivity index (χ0v) is 11.3. The topological polar surface area (TPSA) is 51.6 Å². The zero-order chi connectivity index (χ0) is 15.7. The summed E-state index contributed by atoms with van der Waals surface area (Å²) in [5, 5.41) is 10.2. The molecule has 1 aromatic heterocycles. The molecular weight excluding hydrogens is 299 g/mol. The van der Waals surface area contributed by atoms with Gasteiger partial charge in [0.15, 0.2) is 0 Å². The molecule has 0 amide bonds. The molecule has 1 N–H and O–H groups in total. The summed E-state index contributed by atoms with van der Waals surface area (Å²) in [7, 11) is 0. The van der Waals surface area contributed by atoms with Gasteiger partial charge in [-0.1, -0.05) is 0 Å². The van der Waals surface area contributed by atoms with Crippen molar-refractivity contribution >= 4 is 0 Å². The molecule has 1 aliphatic heterocycles. The predicted octanol–water partition coefficient (Wildman–Crippen LogP) is 2.63. The van der Waals surface area contributed by atoms with Gasteiger partial charge in [0, 0.05) is 11.1 Å². The number of aliphatic hydroxyl groups excluding tert-OH is 1. The summed E-state index contributed by atoms with van der Waals surface area (Å²) < 4.78 is 51.3. The average Bonchev–Trinajstić information content (AvgIpc) is 3.04. The largest absolute Gasteiger partial charge is 0.383 e. The number of nitrogens with zero attached hydrogens (tertiary/aromatic N) is 1. The van der Waals surface area contributed by atoms with Crippen molar-refractivity contribution in [2.45, 2.75) is 12.4 Å². The Morgan fingerprint density at radius 1 is 1.05 bits per heavy atom. The molecule has 0 bridgehead atoms. The molecule has 1 saturated heterocycles. The Morgan fingerprint density at radius 3 is 2.45 bits per heavy atom. The van der Waals surface area contributed by atoms with Gasteiger partial charge in [-0.25, -0.2) is 13.2 Å². The van der Waals surface area contributed by atoms with Crippen molar-refractivity contribution in [2.75, 3.05) is 13.2 Å². The van der Waals surface area contributed by atoms with Crippen molar-refractivity contribution in [3.05, 3.63) is 64.7 Å². The third-order valence-corrected chi connectivity index (χ3v) is 3.32. The van der Waals surface area contributed by atoms with E-state index < -0.39 is 29.8 Å². The highest BCUT2D eigenvalue weighted by Gasteiger charge is 2.25. The Labute approximate surface area is 124 Å². The lowest BCUT2D eigenvalue weighted by molar-refractivity contribution is -0.0474. The van der Waals surface area contributed by atoms with Gasteiger partial charge in [-0.15, -0.1) is 0 Å². The standard InChI is InChI=1S/C15H12F3NO3/c16-8-1-2-11(17)9(5-8)14(20)10-6-13(19-7-12(10)18)15-21-3-4-22-15/h1-2,5-7,14-15,20H,3-4H2. The monoisotopic (exact) mass is 311 g/mol. The van der Waals surface area contributed by atoms with Crippen LogP contribution in [0.1, 0.15) is 29.2 Å². The van der Waals surface area contributed by atoms with Crippen LogP contribution in [0.3, 0.4) is 0 Å². The van der Waals surface area contributed by atoms with Gasteiger partial charge in [-0.05, 0) is 24.3 Å². The molecule has 4 nitrogen and oxygen atoms in total. The van der Waals surface area contributed by atoms with Gasteiger partial charge in [0.25, 0.3) is 0 Å². The maximum Gasteiger partial charge on any atom is 0.201 e.